The molecule has 0 saturated heterocycles. The standard InChI is InChI=1S/C32H21F6Si/c1-2-6-18-13-17-11-12-23-25-9-5-8-24-22-7-3-4-10-26(22)39(30(24)25)29(18)28(17)27(23)19-14-20(31(33,34)35)16-21(15-19)32(36,37)38/h3-5,7-16,29H,2,6H2,1H3. The van der Waals surface area contributed by atoms with E-state index in [1.54, 1.807) is 0 Å². The van der Waals surface area contributed by atoms with Crippen molar-refractivity contribution in [2.75, 3.05) is 0 Å². The molecular formula is C32H21F6Si. The average Bonchev–Trinajstić information content (AvgIpc) is 3.39. The van der Waals surface area contributed by atoms with Gasteiger partial charge in [0.05, 0.1) is 11.1 Å². The van der Waals surface area contributed by atoms with Gasteiger partial charge in [0.1, 0.15) is 8.80 Å². The number of alkyl halides is 6. The molecule has 2 bridgehead atoms. The Balaban J connectivity index is 1.60. The van der Waals surface area contributed by atoms with Crippen LogP contribution in [0.1, 0.15) is 47.6 Å². The van der Waals surface area contributed by atoms with Crippen molar-refractivity contribution in [3.63, 3.8) is 0 Å². The van der Waals surface area contributed by atoms with E-state index in [0.29, 0.717) is 11.1 Å². The lowest BCUT2D eigenvalue weighted by molar-refractivity contribution is -0.143. The molecule has 1 aliphatic carbocycles. The molecular weight excluding hydrogens is 526 g/mol. The van der Waals surface area contributed by atoms with Gasteiger partial charge in [0.2, 0.25) is 0 Å². The molecule has 0 N–H and O–H groups in total. The van der Waals surface area contributed by atoms with E-state index in [4.69, 9.17) is 0 Å². The highest BCUT2D eigenvalue weighted by atomic mass is 28.3. The highest BCUT2D eigenvalue weighted by Gasteiger charge is 2.46. The molecule has 7 heteroatoms. The summed E-state index contributed by atoms with van der Waals surface area (Å²) in [6, 6.07) is 20.2. The lowest BCUT2D eigenvalue weighted by Gasteiger charge is -2.25. The maximum Gasteiger partial charge on any atom is 0.416 e. The van der Waals surface area contributed by atoms with Crippen LogP contribution in [-0.2, 0) is 12.4 Å². The van der Waals surface area contributed by atoms with Gasteiger partial charge in [-0.3, -0.25) is 0 Å². The highest BCUT2D eigenvalue weighted by Crippen LogP contribution is 2.53. The van der Waals surface area contributed by atoms with Gasteiger partial charge in [-0.1, -0.05) is 79.6 Å². The molecule has 0 fully saturated rings. The Labute approximate surface area is 223 Å². The van der Waals surface area contributed by atoms with Crippen LogP contribution in [0.15, 0.2) is 78.4 Å². The predicted molar refractivity (Wildman–Crippen MR) is 143 cm³/mol. The van der Waals surface area contributed by atoms with Gasteiger partial charge in [0.25, 0.3) is 0 Å². The van der Waals surface area contributed by atoms with Crippen LogP contribution in [0.2, 0.25) is 0 Å². The second-order valence-corrected chi connectivity index (χ2v) is 12.8. The molecule has 2 aliphatic heterocycles. The molecule has 2 heterocycles. The zero-order chi connectivity index (χ0) is 27.3. The van der Waals surface area contributed by atoms with Crippen LogP contribution >= 0.6 is 0 Å². The minimum Gasteiger partial charge on any atom is -0.166 e. The Morgan fingerprint density at radius 3 is 2.03 bits per heavy atom. The van der Waals surface area contributed by atoms with E-state index in [1.807, 2.05) is 36.4 Å². The van der Waals surface area contributed by atoms with Gasteiger partial charge in [0.15, 0.2) is 0 Å². The largest absolute Gasteiger partial charge is 0.416 e. The molecule has 39 heavy (non-hydrogen) atoms. The fraction of sp³-hybridized carbons (Fsp3) is 0.188. The van der Waals surface area contributed by atoms with E-state index in [9.17, 15) is 26.3 Å². The van der Waals surface area contributed by atoms with E-state index in [2.05, 4.69) is 31.2 Å². The van der Waals surface area contributed by atoms with Crippen LogP contribution < -0.4 is 10.4 Å². The third-order valence-electron chi connectivity index (χ3n) is 8.11. The highest BCUT2D eigenvalue weighted by molar-refractivity contribution is 6.92. The van der Waals surface area contributed by atoms with Crippen LogP contribution in [0.3, 0.4) is 0 Å². The maximum absolute atomic E-state index is 13.9. The molecule has 1 radical (unpaired) electrons. The van der Waals surface area contributed by atoms with Gasteiger partial charge in [-0.25, -0.2) is 0 Å². The van der Waals surface area contributed by atoms with Crippen molar-refractivity contribution in [3.05, 3.63) is 101 Å². The van der Waals surface area contributed by atoms with Crippen molar-refractivity contribution in [3.8, 4) is 33.4 Å². The first kappa shape index (κ1) is 24.5. The Morgan fingerprint density at radius 1 is 0.718 bits per heavy atom. The molecule has 4 aromatic rings. The van der Waals surface area contributed by atoms with Crippen LogP contribution in [0, 0.1) is 0 Å². The monoisotopic (exact) mass is 547 g/mol. The number of allylic oxidation sites excluding steroid dienone is 1. The molecule has 3 aliphatic rings. The summed E-state index contributed by atoms with van der Waals surface area (Å²) in [5, 5.41) is 2.45. The minimum atomic E-state index is -4.91. The predicted octanol–water partition coefficient (Wildman–Crippen LogP) is 8.48. The molecule has 0 aromatic heterocycles. The molecule has 1 atom stereocenters. The number of hydrogen-bond donors (Lipinski definition) is 0. The van der Waals surface area contributed by atoms with Gasteiger partial charge in [-0.2, -0.15) is 26.3 Å². The number of halogens is 6. The molecule has 1 unspecified atom stereocenters. The SMILES string of the molecule is CCCC1=Cc2ccc3c(-c4cc(C(F)(F)F)cc(C(F)(F)F)c4)c2C1[Si]1c2ccccc2-c2cccc-3c21. The quantitative estimate of drug-likeness (QED) is 0.178. The molecule has 0 saturated carbocycles. The van der Waals surface area contributed by atoms with Crippen LogP contribution in [0.25, 0.3) is 39.5 Å². The van der Waals surface area contributed by atoms with Crippen LogP contribution in [0.4, 0.5) is 26.3 Å². The van der Waals surface area contributed by atoms with E-state index in [0.717, 1.165) is 47.2 Å². The maximum atomic E-state index is 13.9. The van der Waals surface area contributed by atoms with E-state index < -0.39 is 32.3 Å². The molecule has 4 aromatic carbocycles. The summed E-state index contributed by atoms with van der Waals surface area (Å²) in [7, 11) is -1.48. The van der Waals surface area contributed by atoms with Gasteiger partial charge < -0.3 is 0 Å². The van der Waals surface area contributed by atoms with E-state index in [-0.39, 0.29) is 17.2 Å². The second kappa shape index (κ2) is 8.21. The summed E-state index contributed by atoms with van der Waals surface area (Å²) in [5.74, 6) is 0. The lowest BCUT2D eigenvalue weighted by atomic mass is 9.86. The second-order valence-electron chi connectivity index (χ2n) is 10.4. The van der Waals surface area contributed by atoms with Gasteiger partial charge >= 0.3 is 12.4 Å². The van der Waals surface area contributed by atoms with Crippen molar-refractivity contribution in [2.24, 2.45) is 0 Å². The van der Waals surface area contributed by atoms with Crippen molar-refractivity contribution in [2.45, 2.75) is 37.7 Å². The number of benzene rings is 4. The summed E-state index contributed by atoms with van der Waals surface area (Å²) in [6.07, 6.45) is -5.99. The average molecular weight is 548 g/mol. The molecule has 0 nitrogen and oxygen atoms in total. The number of rotatable bonds is 3. The fourth-order valence-corrected chi connectivity index (χ4v) is 10.6. The van der Waals surface area contributed by atoms with Gasteiger partial charge in [-0.05, 0) is 79.5 Å². The Bertz CT molecular complexity index is 1680. The van der Waals surface area contributed by atoms with Crippen molar-refractivity contribution < 1.29 is 26.3 Å². The lowest BCUT2D eigenvalue weighted by Crippen LogP contribution is -2.44. The van der Waals surface area contributed by atoms with E-state index >= 15 is 0 Å². The first-order chi connectivity index (χ1) is 18.6. The zero-order valence-corrected chi connectivity index (χ0v) is 21.8. The molecule has 0 spiro atoms. The van der Waals surface area contributed by atoms with Crippen molar-refractivity contribution in [1.29, 1.82) is 0 Å². The summed E-state index contributed by atoms with van der Waals surface area (Å²) in [6.45, 7) is 2.09. The van der Waals surface area contributed by atoms with Crippen molar-refractivity contribution >= 4 is 25.2 Å². The van der Waals surface area contributed by atoms with Gasteiger partial charge in [0, 0.05) is 5.54 Å². The first-order valence-corrected chi connectivity index (χ1v) is 14.4. The third-order valence-corrected chi connectivity index (χ3v) is 11.4. The minimum absolute atomic E-state index is 0.0337. The number of hydrogen-bond acceptors (Lipinski definition) is 0. The normalized spacial score (nSPS) is 17.1. The zero-order valence-electron chi connectivity index (χ0n) is 20.8. The summed E-state index contributed by atoms with van der Waals surface area (Å²) < 4.78 is 83.5. The topological polar surface area (TPSA) is 0 Å². The molecule has 0 amide bonds. The molecule has 7 rings (SSSR count). The van der Waals surface area contributed by atoms with Crippen LogP contribution in [0.5, 0.6) is 0 Å². The smallest absolute Gasteiger partial charge is 0.166 e. The Kier molecular flexibility index (Phi) is 5.15. The fourth-order valence-electron chi connectivity index (χ4n) is 6.69. The van der Waals surface area contributed by atoms with Crippen molar-refractivity contribution in [1.82, 2.24) is 0 Å². The first-order valence-electron chi connectivity index (χ1n) is 12.9. The Hall–Kier alpha value is -3.58. The summed E-state index contributed by atoms with van der Waals surface area (Å²) >= 11 is 0. The Morgan fingerprint density at radius 2 is 1.36 bits per heavy atom. The molecule has 195 valence electrons. The van der Waals surface area contributed by atoms with E-state index in [1.165, 1.54) is 21.5 Å². The summed E-state index contributed by atoms with van der Waals surface area (Å²) in [4.78, 5) is 0. The van der Waals surface area contributed by atoms with Gasteiger partial charge in [-0.15, -0.1) is 0 Å². The summed E-state index contributed by atoms with van der Waals surface area (Å²) in [5.41, 5.74) is 4.69. The number of fused-ring (bicyclic) bond motifs is 6. The van der Waals surface area contributed by atoms with Crippen LogP contribution in [-0.4, -0.2) is 8.80 Å². The third kappa shape index (κ3) is 3.52.